The van der Waals surface area contributed by atoms with Gasteiger partial charge in [0.05, 0.1) is 11.9 Å². The number of carboxylic acid groups (broad SMARTS) is 1. The van der Waals surface area contributed by atoms with Gasteiger partial charge in [0.25, 0.3) is 0 Å². The van der Waals surface area contributed by atoms with E-state index in [2.05, 4.69) is 10.1 Å². The van der Waals surface area contributed by atoms with Crippen molar-refractivity contribution in [1.82, 2.24) is 14.6 Å². The molecule has 0 atom stereocenters. The van der Waals surface area contributed by atoms with Crippen LogP contribution < -0.4 is 0 Å². The summed E-state index contributed by atoms with van der Waals surface area (Å²) < 4.78 is 1.58. The van der Waals surface area contributed by atoms with Crippen LogP contribution in [0.25, 0.3) is 16.9 Å². The van der Waals surface area contributed by atoms with Crippen LogP contribution in [0, 0.1) is 13.8 Å². The molecule has 0 amide bonds. The van der Waals surface area contributed by atoms with Gasteiger partial charge in [-0.2, -0.15) is 5.10 Å². The van der Waals surface area contributed by atoms with Gasteiger partial charge in [-0.1, -0.05) is 24.3 Å². The summed E-state index contributed by atoms with van der Waals surface area (Å²) in [7, 11) is 0. The number of fused-ring (bicyclic) bond motifs is 1. The highest BCUT2D eigenvalue weighted by molar-refractivity contribution is 5.94. The summed E-state index contributed by atoms with van der Waals surface area (Å²) >= 11 is 0. The Labute approximate surface area is 115 Å². The quantitative estimate of drug-likeness (QED) is 0.775. The summed E-state index contributed by atoms with van der Waals surface area (Å²) in [5.41, 5.74) is 4.21. The summed E-state index contributed by atoms with van der Waals surface area (Å²) in [6.07, 6.45) is 1.34. The molecule has 0 aliphatic rings. The number of nitrogens with zero attached hydrogens (tertiary/aromatic N) is 3. The van der Waals surface area contributed by atoms with Crippen molar-refractivity contribution in [2.24, 2.45) is 0 Å². The average molecular weight is 267 g/mol. The molecule has 0 radical (unpaired) electrons. The molecule has 0 spiro atoms. The third-order valence-corrected chi connectivity index (χ3v) is 3.25. The van der Waals surface area contributed by atoms with Crippen LogP contribution in [0.3, 0.4) is 0 Å². The van der Waals surface area contributed by atoms with Crippen LogP contribution in [0.5, 0.6) is 0 Å². The summed E-state index contributed by atoms with van der Waals surface area (Å²) in [5.74, 6) is -1.02. The largest absolute Gasteiger partial charge is 0.477 e. The number of rotatable bonds is 2. The topological polar surface area (TPSA) is 67.5 Å². The average Bonchev–Trinajstić information content (AvgIpc) is 2.82. The molecule has 5 heteroatoms. The smallest absolute Gasteiger partial charge is 0.341 e. The van der Waals surface area contributed by atoms with Crippen molar-refractivity contribution in [3.63, 3.8) is 0 Å². The number of carbonyl (C=O) groups is 1. The number of benzene rings is 1. The lowest BCUT2D eigenvalue weighted by atomic mass is 10.1. The van der Waals surface area contributed by atoms with Crippen molar-refractivity contribution in [3.8, 4) is 11.3 Å². The maximum Gasteiger partial charge on any atom is 0.341 e. The Balaban J connectivity index is 2.37. The Hall–Kier alpha value is -2.69. The first-order chi connectivity index (χ1) is 9.58. The normalized spacial score (nSPS) is 10.9. The summed E-state index contributed by atoms with van der Waals surface area (Å²) in [5, 5.41) is 13.4. The fourth-order valence-electron chi connectivity index (χ4n) is 2.29. The molecule has 2 aromatic heterocycles. The lowest BCUT2D eigenvalue weighted by Crippen LogP contribution is -2.02. The number of hydrogen-bond acceptors (Lipinski definition) is 3. The van der Waals surface area contributed by atoms with E-state index in [0.29, 0.717) is 5.65 Å². The minimum absolute atomic E-state index is 0.114. The van der Waals surface area contributed by atoms with Crippen LogP contribution in [0.2, 0.25) is 0 Å². The third-order valence-electron chi connectivity index (χ3n) is 3.25. The van der Waals surface area contributed by atoms with E-state index in [1.807, 2.05) is 44.2 Å². The highest BCUT2D eigenvalue weighted by Crippen LogP contribution is 2.25. The van der Waals surface area contributed by atoms with Gasteiger partial charge in [0, 0.05) is 11.3 Å². The first kappa shape index (κ1) is 12.3. The van der Waals surface area contributed by atoms with Crippen LogP contribution in [0.1, 0.15) is 21.6 Å². The fraction of sp³-hybridized carbons (Fsp3) is 0.133. The predicted octanol–water partition coefficient (Wildman–Crippen LogP) is 2.71. The van der Waals surface area contributed by atoms with Crippen molar-refractivity contribution < 1.29 is 9.90 Å². The zero-order valence-corrected chi connectivity index (χ0v) is 11.2. The number of aromatic nitrogens is 3. The Kier molecular flexibility index (Phi) is 2.75. The number of aryl methyl sites for hydroxylation is 2. The maximum atomic E-state index is 11.2. The third kappa shape index (κ3) is 1.84. The van der Waals surface area contributed by atoms with Crippen LogP contribution in [-0.4, -0.2) is 25.7 Å². The van der Waals surface area contributed by atoms with Gasteiger partial charge in [-0.05, 0) is 25.5 Å². The van der Waals surface area contributed by atoms with Gasteiger partial charge in [-0.3, -0.25) is 0 Å². The van der Waals surface area contributed by atoms with E-state index in [9.17, 15) is 9.90 Å². The van der Waals surface area contributed by atoms with E-state index < -0.39 is 5.97 Å². The summed E-state index contributed by atoms with van der Waals surface area (Å²) in [4.78, 5) is 15.5. The predicted molar refractivity (Wildman–Crippen MR) is 74.9 cm³/mol. The van der Waals surface area contributed by atoms with Crippen molar-refractivity contribution in [3.05, 3.63) is 53.3 Å². The van der Waals surface area contributed by atoms with Crippen LogP contribution in [0.15, 0.2) is 36.5 Å². The second-order valence-corrected chi connectivity index (χ2v) is 4.70. The Morgan fingerprint density at radius 1 is 1.25 bits per heavy atom. The lowest BCUT2D eigenvalue weighted by Gasteiger charge is -2.09. The number of aromatic carboxylic acids is 1. The van der Waals surface area contributed by atoms with Gasteiger partial charge in [0.1, 0.15) is 5.56 Å². The molecule has 3 aromatic rings. The van der Waals surface area contributed by atoms with Gasteiger partial charge in [0.2, 0.25) is 0 Å². The van der Waals surface area contributed by atoms with Gasteiger partial charge < -0.3 is 5.11 Å². The van der Waals surface area contributed by atoms with Gasteiger partial charge in [-0.15, -0.1) is 0 Å². The minimum Gasteiger partial charge on any atom is -0.477 e. The molecule has 0 aliphatic carbocycles. The van der Waals surface area contributed by atoms with Crippen LogP contribution >= 0.6 is 0 Å². The van der Waals surface area contributed by atoms with Crippen LogP contribution in [-0.2, 0) is 0 Å². The second-order valence-electron chi connectivity index (χ2n) is 4.70. The first-order valence-electron chi connectivity index (χ1n) is 6.22. The zero-order chi connectivity index (χ0) is 14.3. The second kappa shape index (κ2) is 4.45. The molecular formula is C15H13N3O2. The highest BCUT2D eigenvalue weighted by Gasteiger charge is 2.16. The lowest BCUT2D eigenvalue weighted by molar-refractivity contribution is 0.0699. The maximum absolute atomic E-state index is 11.2. The minimum atomic E-state index is -1.02. The number of carboxylic acids is 1. The molecule has 0 saturated heterocycles. The SMILES string of the molecule is Cc1cc(-c2ccccc2C)n2ncc(C(=O)O)c2n1. The van der Waals surface area contributed by atoms with Gasteiger partial charge in [-0.25, -0.2) is 14.3 Å². The molecule has 1 N–H and O–H groups in total. The van der Waals surface area contributed by atoms with E-state index in [4.69, 9.17) is 0 Å². The van der Waals surface area contributed by atoms with E-state index in [1.54, 1.807) is 4.52 Å². The molecule has 20 heavy (non-hydrogen) atoms. The standard InChI is InChI=1S/C15H13N3O2/c1-9-5-3-4-6-11(9)13-7-10(2)17-14-12(15(19)20)8-16-18(13)14/h3-8H,1-2H3,(H,19,20). The molecule has 100 valence electrons. The number of hydrogen-bond donors (Lipinski definition) is 1. The van der Waals surface area contributed by atoms with Crippen molar-refractivity contribution in [2.45, 2.75) is 13.8 Å². The van der Waals surface area contributed by atoms with Crippen molar-refractivity contribution in [2.75, 3.05) is 0 Å². The van der Waals surface area contributed by atoms with Crippen LogP contribution in [0.4, 0.5) is 0 Å². The molecule has 0 bridgehead atoms. The van der Waals surface area contributed by atoms with E-state index in [1.165, 1.54) is 6.20 Å². The van der Waals surface area contributed by atoms with E-state index in [0.717, 1.165) is 22.5 Å². The molecule has 0 unspecified atom stereocenters. The molecule has 2 heterocycles. The van der Waals surface area contributed by atoms with Crippen molar-refractivity contribution in [1.29, 1.82) is 0 Å². The first-order valence-corrected chi connectivity index (χ1v) is 6.22. The Morgan fingerprint density at radius 2 is 2.00 bits per heavy atom. The fourth-order valence-corrected chi connectivity index (χ4v) is 2.29. The van der Waals surface area contributed by atoms with E-state index in [-0.39, 0.29) is 5.56 Å². The molecule has 1 aromatic carbocycles. The summed E-state index contributed by atoms with van der Waals surface area (Å²) in [6.45, 7) is 3.86. The molecule has 0 aliphatic heterocycles. The van der Waals surface area contributed by atoms with Crippen molar-refractivity contribution >= 4 is 11.6 Å². The monoisotopic (exact) mass is 267 g/mol. The Morgan fingerprint density at radius 3 is 2.70 bits per heavy atom. The van der Waals surface area contributed by atoms with E-state index >= 15 is 0 Å². The summed E-state index contributed by atoms with van der Waals surface area (Å²) in [6, 6.07) is 9.83. The van der Waals surface area contributed by atoms with Gasteiger partial charge >= 0.3 is 5.97 Å². The zero-order valence-electron chi connectivity index (χ0n) is 11.2. The molecule has 0 saturated carbocycles. The molecular weight excluding hydrogens is 254 g/mol. The molecule has 3 rings (SSSR count). The molecule has 5 nitrogen and oxygen atoms in total. The molecule has 0 fully saturated rings. The Bertz CT molecular complexity index is 821. The highest BCUT2D eigenvalue weighted by atomic mass is 16.4. The van der Waals surface area contributed by atoms with Gasteiger partial charge in [0.15, 0.2) is 5.65 Å².